The first-order chi connectivity index (χ1) is 14.7. The summed E-state index contributed by atoms with van der Waals surface area (Å²) in [5.74, 6) is -5.13. The summed E-state index contributed by atoms with van der Waals surface area (Å²) in [5.41, 5.74) is -1.70. The maximum absolute atomic E-state index is 13.8. The zero-order chi connectivity index (χ0) is 22.7. The van der Waals surface area contributed by atoms with E-state index in [9.17, 15) is 27.2 Å². The molecule has 1 aromatic carbocycles. The topological polar surface area (TPSA) is 124 Å². The quantitative estimate of drug-likeness (QED) is 0.543. The number of aromatic nitrogens is 5. The van der Waals surface area contributed by atoms with Crippen molar-refractivity contribution in [2.24, 2.45) is 7.05 Å². The summed E-state index contributed by atoms with van der Waals surface area (Å²) >= 11 is 6.14. The number of halogens is 5. The summed E-state index contributed by atoms with van der Waals surface area (Å²) in [6.45, 7) is -3.31. The highest BCUT2D eigenvalue weighted by molar-refractivity contribution is 6.38. The summed E-state index contributed by atoms with van der Waals surface area (Å²) in [6.07, 6.45) is 0.578. The minimum absolute atomic E-state index is 0.0582. The zero-order valence-corrected chi connectivity index (χ0v) is 16.0. The summed E-state index contributed by atoms with van der Waals surface area (Å²) in [4.78, 5) is 28.2. The molecule has 0 spiro atoms. The molecule has 2 amide bonds. The van der Waals surface area contributed by atoms with Crippen molar-refractivity contribution < 1.29 is 31.9 Å². The van der Waals surface area contributed by atoms with Gasteiger partial charge in [-0.15, -0.1) is 0 Å². The second kappa shape index (κ2) is 8.91. The highest BCUT2D eigenvalue weighted by Gasteiger charge is 2.24. The van der Waals surface area contributed by atoms with Crippen molar-refractivity contribution in [1.29, 1.82) is 0 Å². The van der Waals surface area contributed by atoms with Crippen molar-refractivity contribution in [3.8, 4) is 5.75 Å². The van der Waals surface area contributed by atoms with E-state index < -0.39 is 52.2 Å². The van der Waals surface area contributed by atoms with Gasteiger partial charge < -0.3 is 10.1 Å². The number of anilines is 2. The van der Waals surface area contributed by atoms with Crippen molar-refractivity contribution in [2.45, 2.75) is 6.61 Å². The smallest absolute Gasteiger partial charge is 0.387 e. The molecule has 3 rings (SSSR count). The molecule has 2 aromatic heterocycles. The van der Waals surface area contributed by atoms with Gasteiger partial charge in [-0.2, -0.15) is 8.78 Å². The largest absolute Gasteiger partial charge is 0.433 e. The van der Waals surface area contributed by atoms with Crippen LogP contribution in [0.2, 0.25) is 5.02 Å². The number of carbonyl (C=O) groups is 2. The van der Waals surface area contributed by atoms with Gasteiger partial charge >= 0.3 is 6.61 Å². The van der Waals surface area contributed by atoms with E-state index >= 15 is 0 Å². The first kappa shape index (κ1) is 21.9. The molecule has 0 saturated heterocycles. The number of aryl methyl sites for hydroxylation is 1. The number of tetrazole rings is 1. The van der Waals surface area contributed by atoms with Crippen LogP contribution in [0.25, 0.3) is 0 Å². The molecular weight excluding hydrogens is 450 g/mol. The molecule has 162 valence electrons. The van der Waals surface area contributed by atoms with E-state index in [1.54, 1.807) is 0 Å². The normalized spacial score (nSPS) is 10.8. The maximum atomic E-state index is 13.8. The first-order valence-electron chi connectivity index (χ1n) is 8.10. The van der Waals surface area contributed by atoms with Crippen LogP contribution in [0.3, 0.4) is 0 Å². The molecule has 0 saturated carbocycles. The number of alkyl halides is 2. The van der Waals surface area contributed by atoms with Gasteiger partial charge in [0.2, 0.25) is 5.95 Å². The molecular formula is C16H10ClF4N7O3. The van der Waals surface area contributed by atoms with E-state index in [1.165, 1.54) is 7.05 Å². The van der Waals surface area contributed by atoms with Gasteiger partial charge in [0.1, 0.15) is 11.5 Å². The summed E-state index contributed by atoms with van der Waals surface area (Å²) in [7, 11) is 1.44. The Labute approximate surface area is 175 Å². The lowest BCUT2D eigenvalue weighted by atomic mass is 10.1. The number of nitrogens with zero attached hydrogens (tertiary/aromatic N) is 5. The number of rotatable bonds is 6. The van der Waals surface area contributed by atoms with E-state index in [2.05, 4.69) is 30.6 Å². The van der Waals surface area contributed by atoms with Crippen LogP contribution in [0, 0.1) is 11.6 Å². The van der Waals surface area contributed by atoms with Crippen molar-refractivity contribution in [3.05, 3.63) is 52.3 Å². The van der Waals surface area contributed by atoms with E-state index in [4.69, 9.17) is 11.6 Å². The zero-order valence-electron chi connectivity index (χ0n) is 15.2. The maximum Gasteiger partial charge on any atom is 0.387 e. The minimum Gasteiger partial charge on any atom is -0.433 e. The SMILES string of the molecule is Cn1nnnc1NC(=O)c1ccc(OC(F)F)c(NC(=O)c2ncc(F)cc2F)c1Cl. The Morgan fingerprint density at radius 2 is 1.94 bits per heavy atom. The molecule has 10 nitrogen and oxygen atoms in total. The van der Waals surface area contributed by atoms with E-state index in [1.807, 2.05) is 5.32 Å². The summed E-state index contributed by atoms with van der Waals surface area (Å²) in [6, 6.07) is 2.39. The van der Waals surface area contributed by atoms with Crippen LogP contribution < -0.4 is 15.4 Å². The van der Waals surface area contributed by atoms with Crippen LogP contribution in [0.5, 0.6) is 5.75 Å². The number of pyridine rings is 1. The Hall–Kier alpha value is -3.81. The number of hydrogen-bond donors (Lipinski definition) is 2. The van der Waals surface area contributed by atoms with Gasteiger partial charge in [-0.1, -0.05) is 16.7 Å². The fourth-order valence-corrected chi connectivity index (χ4v) is 2.59. The Morgan fingerprint density at radius 1 is 1.19 bits per heavy atom. The number of benzene rings is 1. The molecule has 0 unspecified atom stereocenters. The highest BCUT2D eigenvalue weighted by atomic mass is 35.5. The fourth-order valence-electron chi connectivity index (χ4n) is 2.30. The van der Waals surface area contributed by atoms with E-state index in [-0.39, 0.29) is 11.5 Å². The molecule has 2 heterocycles. The Balaban J connectivity index is 1.97. The molecule has 0 bridgehead atoms. The molecule has 0 fully saturated rings. The number of nitrogens with one attached hydrogen (secondary N) is 2. The molecule has 15 heteroatoms. The summed E-state index contributed by atoms with van der Waals surface area (Å²) < 4.78 is 57.8. The molecule has 0 aliphatic heterocycles. The molecule has 0 atom stereocenters. The number of amides is 2. The van der Waals surface area contributed by atoms with Gasteiger partial charge in [0.15, 0.2) is 17.3 Å². The number of ether oxygens (including phenoxy) is 1. The number of carbonyl (C=O) groups excluding carboxylic acids is 2. The monoisotopic (exact) mass is 459 g/mol. The predicted octanol–water partition coefficient (Wildman–Crippen LogP) is 2.64. The minimum atomic E-state index is -3.31. The van der Waals surface area contributed by atoms with Gasteiger partial charge in [-0.05, 0) is 22.6 Å². The molecule has 0 aliphatic rings. The first-order valence-corrected chi connectivity index (χ1v) is 8.48. The van der Waals surface area contributed by atoms with Crippen molar-refractivity contribution in [1.82, 2.24) is 25.2 Å². The van der Waals surface area contributed by atoms with E-state index in [0.717, 1.165) is 16.8 Å². The Bertz CT molecular complexity index is 1160. The van der Waals surface area contributed by atoms with Crippen LogP contribution in [0.1, 0.15) is 20.8 Å². The Kier molecular flexibility index (Phi) is 6.29. The predicted molar refractivity (Wildman–Crippen MR) is 96.9 cm³/mol. The molecule has 0 aliphatic carbocycles. The second-order valence-corrected chi connectivity index (χ2v) is 6.08. The highest BCUT2D eigenvalue weighted by Crippen LogP contribution is 2.37. The van der Waals surface area contributed by atoms with Crippen LogP contribution in [-0.2, 0) is 7.05 Å². The van der Waals surface area contributed by atoms with Gasteiger partial charge in [0.25, 0.3) is 11.8 Å². The van der Waals surface area contributed by atoms with Crippen molar-refractivity contribution in [3.63, 3.8) is 0 Å². The van der Waals surface area contributed by atoms with E-state index in [0.29, 0.717) is 12.3 Å². The third-order valence-electron chi connectivity index (χ3n) is 3.67. The third kappa shape index (κ3) is 4.85. The Morgan fingerprint density at radius 3 is 2.55 bits per heavy atom. The lowest BCUT2D eigenvalue weighted by molar-refractivity contribution is -0.0493. The molecule has 31 heavy (non-hydrogen) atoms. The average molecular weight is 460 g/mol. The molecule has 3 aromatic rings. The van der Waals surface area contributed by atoms with Gasteiger partial charge in [0, 0.05) is 13.1 Å². The van der Waals surface area contributed by atoms with Crippen LogP contribution >= 0.6 is 11.6 Å². The van der Waals surface area contributed by atoms with Crippen LogP contribution in [0.15, 0.2) is 24.4 Å². The van der Waals surface area contributed by atoms with Crippen molar-refractivity contribution in [2.75, 3.05) is 10.6 Å². The van der Waals surface area contributed by atoms with Gasteiger partial charge in [0.05, 0.1) is 16.8 Å². The standard InChI is InChI=1S/C16H10ClF4N7O3/c1-28-16(25-26-27-28)24-13(29)7-2-3-9(31-15(20)21)12(10(7)17)23-14(30)11-8(19)4-6(18)5-22-11/h2-5,15H,1H3,(H,23,30)(H,24,25,27,29). The van der Waals surface area contributed by atoms with Gasteiger partial charge in [-0.25, -0.2) is 18.4 Å². The van der Waals surface area contributed by atoms with Crippen LogP contribution in [-0.4, -0.2) is 43.6 Å². The number of hydrogen-bond acceptors (Lipinski definition) is 7. The lowest BCUT2D eigenvalue weighted by Gasteiger charge is -2.16. The summed E-state index contributed by atoms with van der Waals surface area (Å²) in [5, 5.41) is 14.2. The van der Waals surface area contributed by atoms with Gasteiger partial charge in [-0.3, -0.25) is 14.9 Å². The average Bonchev–Trinajstić information content (AvgIpc) is 3.08. The van der Waals surface area contributed by atoms with Crippen molar-refractivity contribution >= 4 is 35.1 Å². The fraction of sp³-hybridized carbons (Fsp3) is 0.125. The van der Waals surface area contributed by atoms with Crippen LogP contribution in [0.4, 0.5) is 29.2 Å². The molecule has 0 radical (unpaired) electrons. The lowest BCUT2D eigenvalue weighted by Crippen LogP contribution is -2.20. The second-order valence-electron chi connectivity index (χ2n) is 5.70. The third-order valence-corrected chi connectivity index (χ3v) is 4.06. The molecule has 2 N–H and O–H groups in total.